The Hall–Kier alpha value is -1.87. The van der Waals surface area contributed by atoms with Crippen LogP contribution in [0.4, 0.5) is 35.1 Å². The van der Waals surface area contributed by atoms with Gasteiger partial charge >= 0.3 is 12.4 Å². The minimum atomic E-state index is -5.62. The van der Waals surface area contributed by atoms with Gasteiger partial charge in [0.15, 0.2) is 5.41 Å². The van der Waals surface area contributed by atoms with Crippen molar-refractivity contribution in [3.8, 4) is 0 Å². The van der Waals surface area contributed by atoms with Crippen LogP contribution in [0.3, 0.4) is 0 Å². The molecule has 2 rings (SSSR count). The van der Waals surface area contributed by atoms with E-state index in [-0.39, 0.29) is 4.90 Å². The van der Waals surface area contributed by atoms with Gasteiger partial charge < -0.3 is 4.90 Å². The van der Waals surface area contributed by atoms with E-state index in [1.165, 1.54) is 0 Å². The summed E-state index contributed by atoms with van der Waals surface area (Å²) in [7, 11) is 0. The van der Waals surface area contributed by atoms with Crippen molar-refractivity contribution in [3.63, 3.8) is 0 Å². The van der Waals surface area contributed by atoms with Gasteiger partial charge in [-0.3, -0.25) is 4.79 Å². The first-order chi connectivity index (χ1) is 10.4. The smallest absolute Gasteiger partial charge is 0.337 e. The summed E-state index contributed by atoms with van der Waals surface area (Å²) in [4.78, 5) is 12.2. The summed E-state index contributed by atoms with van der Waals surface area (Å²) in [6, 6.07) is 1.67. The number of halogens is 8. The van der Waals surface area contributed by atoms with E-state index in [0.717, 1.165) is 0 Å². The average molecular weight is 347 g/mol. The molecule has 0 N–H and O–H groups in total. The zero-order chi connectivity index (χ0) is 17.6. The minimum Gasteiger partial charge on any atom is -0.337 e. The molecule has 10 heteroatoms. The second-order valence-corrected chi connectivity index (χ2v) is 5.18. The topological polar surface area (TPSA) is 20.3 Å². The van der Waals surface area contributed by atoms with Gasteiger partial charge in [-0.2, -0.15) is 26.3 Å². The molecule has 1 aromatic carbocycles. The maximum atomic E-state index is 13.5. The lowest BCUT2D eigenvalue weighted by Gasteiger charge is -2.33. The van der Waals surface area contributed by atoms with E-state index in [1.807, 2.05) is 0 Å². The Labute approximate surface area is 124 Å². The summed E-state index contributed by atoms with van der Waals surface area (Å²) in [5.74, 6) is -3.68. The molecule has 0 aromatic heterocycles. The number of amides is 1. The molecule has 0 radical (unpaired) electrons. The normalized spacial score (nSPS) is 18.3. The van der Waals surface area contributed by atoms with Crippen LogP contribution in [0.25, 0.3) is 0 Å². The maximum absolute atomic E-state index is 13.5. The lowest BCUT2D eigenvalue weighted by molar-refractivity contribution is -0.334. The van der Waals surface area contributed by atoms with Gasteiger partial charge in [-0.05, 0) is 24.6 Å². The van der Waals surface area contributed by atoms with Crippen molar-refractivity contribution in [2.45, 2.75) is 18.8 Å². The van der Waals surface area contributed by atoms with Gasteiger partial charge in [-0.1, -0.05) is 0 Å². The molecule has 1 fully saturated rings. The standard InChI is InChI=1S/C13H9F8NO/c14-7-1-2-9(15)8(5-7)10(23)22-4-3-11(6-22,12(16,17)18)13(19,20)21/h1-2,5H,3-4,6H2. The number of rotatable bonds is 1. The minimum absolute atomic E-state index is 0.235. The highest BCUT2D eigenvalue weighted by Crippen LogP contribution is 2.55. The van der Waals surface area contributed by atoms with Gasteiger partial charge in [0.2, 0.25) is 0 Å². The fourth-order valence-electron chi connectivity index (χ4n) is 2.44. The molecule has 1 aromatic rings. The van der Waals surface area contributed by atoms with Gasteiger partial charge in [0.1, 0.15) is 11.6 Å². The Morgan fingerprint density at radius 2 is 1.61 bits per heavy atom. The van der Waals surface area contributed by atoms with E-state index >= 15 is 0 Å². The zero-order valence-electron chi connectivity index (χ0n) is 11.2. The molecule has 0 atom stereocenters. The zero-order valence-corrected chi connectivity index (χ0v) is 11.2. The van der Waals surface area contributed by atoms with Crippen molar-refractivity contribution in [2.24, 2.45) is 5.41 Å². The van der Waals surface area contributed by atoms with Gasteiger partial charge in [0, 0.05) is 13.1 Å². The molecular formula is C13H9F8NO. The number of carbonyl (C=O) groups is 1. The monoisotopic (exact) mass is 347 g/mol. The Morgan fingerprint density at radius 1 is 1.04 bits per heavy atom. The van der Waals surface area contributed by atoms with Crippen LogP contribution in [0, 0.1) is 17.0 Å². The lowest BCUT2D eigenvalue weighted by Crippen LogP contribution is -2.52. The molecule has 0 aliphatic carbocycles. The Morgan fingerprint density at radius 3 is 2.09 bits per heavy atom. The largest absolute Gasteiger partial charge is 0.404 e. The van der Waals surface area contributed by atoms with E-state index in [4.69, 9.17) is 0 Å². The molecule has 1 aliphatic rings. The lowest BCUT2D eigenvalue weighted by atomic mass is 9.85. The van der Waals surface area contributed by atoms with Crippen LogP contribution >= 0.6 is 0 Å². The highest BCUT2D eigenvalue weighted by Gasteiger charge is 2.72. The van der Waals surface area contributed by atoms with Gasteiger partial charge in [0.25, 0.3) is 5.91 Å². The van der Waals surface area contributed by atoms with E-state index in [0.29, 0.717) is 18.2 Å². The van der Waals surface area contributed by atoms with Crippen molar-refractivity contribution in [1.82, 2.24) is 4.90 Å². The molecule has 0 unspecified atom stereocenters. The van der Waals surface area contributed by atoms with Gasteiger partial charge in [-0.15, -0.1) is 0 Å². The van der Waals surface area contributed by atoms with Crippen LogP contribution < -0.4 is 0 Å². The van der Waals surface area contributed by atoms with E-state index in [2.05, 4.69) is 0 Å². The third-order valence-corrected chi connectivity index (χ3v) is 3.80. The molecule has 2 nitrogen and oxygen atoms in total. The van der Waals surface area contributed by atoms with E-state index in [1.54, 1.807) is 0 Å². The summed E-state index contributed by atoms with van der Waals surface area (Å²) < 4.78 is 104. The Kier molecular flexibility index (Phi) is 4.06. The fourth-order valence-corrected chi connectivity index (χ4v) is 2.44. The third-order valence-electron chi connectivity index (χ3n) is 3.80. The number of hydrogen-bond donors (Lipinski definition) is 0. The first-order valence-electron chi connectivity index (χ1n) is 6.27. The Bertz CT molecular complexity index is 607. The molecule has 1 aliphatic heterocycles. The maximum Gasteiger partial charge on any atom is 0.404 e. The van der Waals surface area contributed by atoms with Crippen LogP contribution in [-0.2, 0) is 0 Å². The number of alkyl halides is 6. The average Bonchev–Trinajstić information content (AvgIpc) is 2.86. The number of benzene rings is 1. The summed E-state index contributed by atoms with van der Waals surface area (Å²) in [6.07, 6.45) is -12.6. The number of carbonyl (C=O) groups excluding carboxylic acids is 1. The van der Waals surface area contributed by atoms with Crippen molar-refractivity contribution in [1.29, 1.82) is 0 Å². The molecular weight excluding hydrogens is 338 g/mol. The number of nitrogens with zero attached hydrogens (tertiary/aromatic N) is 1. The quantitative estimate of drug-likeness (QED) is 0.705. The predicted octanol–water partition coefficient (Wildman–Crippen LogP) is 3.92. The molecule has 1 amide bonds. The van der Waals surface area contributed by atoms with Crippen LogP contribution in [-0.4, -0.2) is 36.2 Å². The number of hydrogen-bond acceptors (Lipinski definition) is 1. The molecule has 0 bridgehead atoms. The van der Waals surface area contributed by atoms with E-state index < -0.39 is 60.4 Å². The van der Waals surface area contributed by atoms with Crippen LogP contribution in [0.2, 0.25) is 0 Å². The van der Waals surface area contributed by atoms with Crippen LogP contribution in [0.5, 0.6) is 0 Å². The molecule has 1 heterocycles. The first kappa shape index (κ1) is 17.5. The summed E-state index contributed by atoms with van der Waals surface area (Å²) >= 11 is 0. The predicted molar refractivity (Wildman–Crippen MR) is 61.4 cm³/mol. The highest BCUT2D eigenvalue weighted by atomic mass is 19.4. The first-order valence-corrected chi connectivity index (χ1v) is 6.27. The molecule has 128 valence electrons. The third kappa shape index (κ3) is 2.86. The van der Waals surface area contributed by atoms with Crippen molar-refractivity contribution >= 4 is 5.91 Å². The fraction of sp³-hybridized carbons (Fsp3) is 0.462. The summed E-state index contributed by atoms with van der Waals surface area (Å²) in [6.45, 7) is -2.55. The second kappa shape index (κ2) is 5.34. The molecule has 23 heavy (non-hydrogen) atoms. The van der Waals surface area contributed by atoms with Crippen molar-refractivity contribution in [2.75, 3.05) is 13.1 Å². The van der Waals surface area contributed by atoms with Crippen LogP contribution in [0.15, 0.2) is 18.2 Å². The van der Waals surface area contributed by atoms with Crippen molar-refractivity contribution in [3.05, 3.63) is 35.4 Å². The van der Waals surface area contributed by atoms with Gasteiger partial charge in [-0.25, -0.2) is 8.78 Å². The molecule has 0 saturated carbocycles. The Balaban J connectivity index is 2.35. The van der Waals surface area contributed by atoms with Crippen molar-refractivity contribution < 1.29 is 39.9 Å². The van der Waals surface area contributed by atoms with Gasteiger partial charge in [0.05, 0.1) is 5.56 Å². The van der Waals surface area contributed by atoms with E-state index in [9.17, 15) is 39.9 Å². The SMILES string of the molecule is O=C(c1cc(F)ccc1F)N1CCC(C(F)(F)F)(C(F)(F)F)C1. The number of likely N-dealkylation sites (tertiary alicyclic amines) is 1. The summed E-state index contributed by atoms with van der Waals surface area (Å²) in [5.41, 5.74) is -4.98. The van der Waals surface area contributed by atoms with Crippen LogP contribution in [0.1, 0.15) is 16.8 Å². The highest BCUT2D eigenvalue weighted by molar-refractivity contribution is 5.94. The second-order valence-electron chi connectivity index (χ2n) is 5.18. The summed E-state index contributed by atoms with van der Waals surface area (Å²) in [5, 5.41) is 0. The molecule has 0 spiro atoms. The molecule has 1 saturated heterocycles.